The number of fused-ring (bicyclic) bond motifs is 1. The van der Waals surface area contributed by atoms with Crippen molar-refractivity contribution in [1.29, 1.82) is 0 Å². The summed E-state index contributed by atoms with van der Waals surface area (Å²) in [5, 5.41) is 2.66. The zero-order chi connectivity index (χ0) is 14.0. The van der Waals surface area contributed by atoms with Gasteiger partial charge < -0.3 is 10.3 Å². The lowest BCUT2D eigenvalue weighted by molar-refractivity contribution is 0.0944. The second-order valence-corrected chi connectivity index (χ2v) is 6.79. The van der Waals surface area contributed by atoms with Crippen molar-refractivity contribution in [2.45, 2.75) is 13.0 Å². The van der Waals surface area contributed by atoms with Gasteiger partial charge in [0.05, 0.1) is 23.1 Å². The molecule has 0 saturated carbocycles. The Morgan fingerprint density at radius 3 is 2.89 bits per heavy atom. The Labute approximate surface area is 111 Å². The van der Waals surface area contributed by atoms with Crippen LogP contribution in [0.4, 0.5) is 0 Å². The number of carbonyl (C=O) groups is 1. The number of nitrogens with zero attached hydrogens (tertiary/aromatic N) is 1. The van der Waals surface area contributed by atoms with Crippen LogP contribution in [-0.4, -0.2) is 42.3 Å². The van der Waals surface area contributed by atoms with E-state index in [0.717, 1.165) is 17.3 Å². The monoisotopic (exact) mass is 281 g/mol. The number of sulfone groups is 1. The SMILES string of the molecule is CC(CS(C)(=O)=O)NC(=O)c1ccc2nc[nH]c2c1. The number of amides is 1. The summed E-state index contributed by atoms with van der Waals surface area (Å²) in [6.07, 6.45) is 2.70. The number of benzene rings is 1. The molecule has 2 aromatic rings. The van der Waals surface area contributed by atoms with Crippen LogP contribution in [0.5, 0.6) is 0 Å². The van der Waals surface area contributed by atoms with Gasteiger partial charge in [0, 0.05) is 17.9 Å². The molecule has 0 spiro atoms. The maximum absolute atomic E-state index is 12.0. The summed E-state index contributed by atoms with van der Waals surface area (Å²) in [7, 11) is -3.11. The number of aromatic nitrogens is 2. The standard InChI is InChI=1S/C12H15N3O3S/c1-8(6-19(2,17)18)15-12(16)9-3-4-10-11(5-9)14-7-13-10/h3-5,7-8H,6H2,1-2H3,(H,13,14)(H,15,16). The van der Waals surface area contributed by atoms with Crippen LogP contribution < -0.4 is 5.32 Å². The predicted molar refractivity (Wildman–Crippen MR) is 72.7 cm³/mol. The molecular formula is C12H15N3O3S. The van der Waals surface area contributed by atoms with Crippen LogP contribution in [0.2, 0.25) is 0 Å². The van der Waals surface area contributed by atoms with Gasteiger partial charge in [-0.25, -0.2) is 13.4 Å². The molecule has 0 radical (unpaired) electrons. The molecule has 1 aromatic carbocycles. The van der Waals surface area contributed by atoms with E-state index >= 15 is 0 Å². The van der Waals surface area contributed by atoms with Crippen LogP contribution >= 0.6 is 0 Å². The van der Waals surface area contributed by atoms with Crippen LogP contribution in [0, 0.1) is 0 Å². The highest BCUT2D eigenvalue weighted by Crippen LogP contribution is 2.11. The lowest BCUT2D eigenvalue weighted by Crippen LogP contribution is -2.37. The van der Waals surface area contributed by atoms with Gasteiger partial charge in [-0.1, -0.05) is 0 Å². The molecule has 0 fully saturated rings. The highest BCUT2D eigenvalue weighted by atomic mass is 32.2. The Balaban J connectivity index is 2.11. The molecule has 0 bridgehead atoms. The number of imidazole rings is 1. The molecule has 6 nitrogen and oxygen atoms in total. The molecule has 1 amide bonds. The summed E-state index contributed by atoms with van der Waals surface area (Å²) in [6, 6.07) is 4.65. The Morgan fingerprint density at radius 2 is 2.21 bits per heavy atom. The fraction of sp³-hybridized carbons (Fsp3) is 0.333. The van der Waals surface area contributed by atoms with Crippen molar-refractivity contribution in [3.63, 3.8) is 0 Å². The Hall–Kier alpha value is -1.89. The van der Waals surface area contributed by atoms with Crippen LogP contribution in [0.1, 0.15) is 17.3 Å². The second kappa shape index (κ2) is 5.00. The van der Waals surface area contributed by atoms with Crippen molar-refractivity contribution in [3.8, 4) is 0 Å². The van der Waals surface area contributed by atoms with Crippen molar-refractivity contribution >= 4 is 26.8 Å². The molecule has 2 N–H and O–H groups in total. The highest BCUT2D eigenvalue weighted by Gasteiger charge is 2.14. The van der Waals surface area contributed by atoms with Crippen molar-refractivity contribution in [2.75, 3.05) is 12.0 Å². The Bertz CT molecular complexity index is 706. The fourth-order valence-corrected chi connectivity index (χ4v) is 2.87. The minimum absolute atomic E-state index is 0.0783. The third-order valence-corrected chi connectivity index (χ3v) is 3.72. The molecule has 2 rings (SSSR count). The van der Waals surface area contributed by atoms with Gasteiger partial charge in [0.1, 0.15) is 9.84 Å². The van der Waals surface area contributed by atoms with Gasteiger partial charge in [0.25, 0.3) is 5.91 Å². The molecule has 0 aliphatic heterocycles. The van der Waals surface area contributed by atoms with Gasteiger partial charge in [-0.15, -0.1) is 0 Å². The van der Waals surface area contributed by atoms with E-state index in [1.807, 2.05) is 0 Å². The molecule has 102 valence electrons. The van der Waals surface area contributed by atoms with Gasteiger partial charge in [0.15, 0.2) is 0 Å². The van der Waals surface area contributed by atoms with Crippen molar-refractivity contribution in [1.82, 2.24) is 15.3 Å². The number of rotatable bonds is 4. The van der Waals surface area contributed by atoms with Crippen LogP contribution in [0.3, 0.4) is 0 Å². The highest BCUT2D eigenvalue weighted by molar-refractivity contribution is 7.90. The topological polar surface area (TPSA) is 91.9 Å². The summed E-state index contributed by atoms with van der Waals surface area (Å²) >= 11 is 0. The third kappa shape index (κ3) is 3.54. The van der Waals surface area contributed by atoms with Crippen molar-refractivity contribution in [2.24, 2.45) is 0 Å². The maximum Gasteiger partial charge on any atom is 0.251 e. The van der Waals surface area contributed by atoms with Gasteiger partial charge in [0.2, 0.25) is 0 Å². The molecule has 0 aliphatic rings. The first-order chi connectivity index (χ1) is 8.85. The van der Waals surface area contributed by atoms with E-state index in [4.69, 9.17) is 0 Å². The summed E-state index contributed by atoms with van der Waals surface area (Å²) in [5.74, 6) is -0.377. The molecule has 1 heterocycles. The lowest BCUT2D eigenvalue weighted by atomic mass is 10.2. The molecule has 1 atom stereocenters. The predicted octanol–water partition coefficient (Wildman–Crippen LogP) is 0.726. The second-order valence-electron chi connectivity index (χ2n) is 4.60. The molecule has 1 aromatic heterocycles. The van der Waals surface area contributed by atoms with E-state index in [2.05, 4.69) is 15.3 Å². The Morgan fingerprint density at radius 1 is 1.47 bits per heavy atom. The Kier molecular flexibility index (Phi) is 3.57. The average Bonchev–Trinajstić information content (AvgIpc) is 2.72. The quantitative estimate of drug-likeness (QED) is 0.864. The van der Waals surface area contributed by atoms with Crippen LogP contribution in [0.15, 0.2) is 24.5 Å². The largest absolute Gasteiger partial charge is 0.349 e. The van der Waals surface area contributed by atoms with E-state index in [1.165, 1.54) is 0 Å². The van der Waals surface area contributed by atoms with E-state index < -0.39 is 15.9 Å². The minimum Gasteiger partial charge on any atom is -0.349 e. The van der Waals surface area contributed by atoms with Gasteiger partial charge >= 0.3 is 0 Å². The summed E-state index contributed by atoms with van der Waals surface area (Å²) < 4.78 is 22.3. The first-order valence-electron chi connectivity index (χ1n) is 5.77. The van der Waals surface area contributed by atoms with Crippen LogP contribution in [-0.2, 0) is 9.84 Å². The maximum atomic E-state index is 12.0. The van der Waals surface area contributed by atoms with E-state index in [1.54, 1.807) is 31.5 Å². The van der Waals surface area contributed by atoms with Crippen molar-refractivity contribution < 1.29 is 13.2 Å². The molecule has 0 aliphatic carbocycles. The van der Waals surface area contributed by atoms with Gasteiger partial charge in [-0.2, -0.15) is 0 Å². The number of nitrogens with one attached hydrogen (secondary N) is 2. The average molecular weight is 281 g/mol. The minimum atomic E-state index is -3.11. The van der Waals surface area contributed by atoms with Gasteiger partial charge in [-0.3, -0.25) is 4.79 Å². The van der Waals surface area contributed by atoms with Crippen molar-refractivity contribution in [3.05, 3.63) is 30.1 Å². The van der Waals surface area contributed by atoms with E-state index in [-0.39, 0.29) is 11.7 Å². The lowest BCUT2D eigenvalue weighted by Gasteiger charge is -2.12. The zero-order valence-corrected chi connectivity index (χ0v) is 11.5. The first-order valence-corrected chi connectivity index (χ1v) is 7.83. The number of H-pyrrole nitrogens is 1. The number of hydrogen-bond donors (Lipinski definition) is 2. The molecule has 1 unspecified atom stereocenters. The third-order valence-electron chi connectivity index (χ3n) is 2.61. The normalized spacial score (nSPS) is 13.4. The molecule has 19 heavy (non-hydrogen) atoms. The fourth-order valence-electron chi connectivity index (χ4n) is 1.88. The van der Waals surface area contributed by atoms with E-state index in [0.29, 0.717) is 5.56 Å². The molecular weight excluding hydrogens is 266 g/mol. The zero-order valence-electron chi connectivity index (χ0n) is 10.7. The summed E-state index contributed by atoms with van der Waals surface area (Å²) in [6.45, 7) is 1.66. The summed E-state index contributed by atoms with van der Waals surface area (Å²) in [4.78, 5) is 18.9. The van der Waals surface area contributed by atoms with E-state index in [9.17, 15) is 13.2 Å². The number of hydrogen-bond acceptors (Lipinski definition) is 4. The molecule has 0 saturated heterocycles. The smallest absolute Gasteiger partial charge is 0.251 e. The summed E-state index contributed by atoms with van der Waals surface area (Å²) in [5.41, 5.74) is 2.02. The first kappa shape index (κ1) is 13.5. The van der Waals surface area contributed by atoms with Gasteiger partial charge in [-0.05, 0) is 25.1 Å². The molecule has 7 heteroatoms. The number of aromatic amines is 1. The number of carbonyl (C=O) groups excluding carboxylic acids is 1. The van der Waals surface area contributed by atoms with Crippen LogP contribution in [0.25, 0.3) is 11.0 Å².